The quantitative estimate of drug-likeness (QED) is 0.184. The van der Waals surface area contributed by atoms with Crippen molar-refractivity contribution < 1.29 is 0 Å². The second-order valence-electron chi connectivity index (χ2n) is 8.56. The maximum atomic E-state index is 2.43. The number of allylic oxidation sites excluding steroid dienone is 6. The second-order valence-corrected chi connectivity index (χ2v) is 13.9. The van der Waals surface area contributed by atoms with Gasteiger partial charge in [0.25, 0.3) is 0 Å². The zero-order valence-electron chi connectivity index (χ0n) is 19.6. The Labute approximate surface area is 232 Å². The van der Waals surface area contributed by atoms with Gasteiger partial charge >= 0.3 is 0 Å². The molecule has 0 saturated heterocycles. The molecular weight excluding hydrogens is 662 g/mol. The highest BCUT2D eigenvalue weighted by Gasteiger charge is 2.14. The number of benzene rings is 4. The van der Waals surface area contributed by atoms with Crippen molar-refractivity contribution in [3.63, 3.8) is 0 Å². The van der Waals surface area contributed by atoms with Gasteiger partial charge in [-0.25, -0.2) is 0 Å². The van der Waals surface area contributed by atoms with Crippen LogP contribution in [0.15, 0.2) is 144 Å². The topological polar surface area (TPSA) is 0 Å². The molecule has 0 amide bonds. The van der Waals surface area contributed by atoms with E-state index < -0.39 is 0 Å². The Kier molecular flexibility index (Phi) is 7.14. The van der Waals surface area contributed by atoms with Gasteiger partial charge in [0.2, 0.25) is 0 Å². The van der Waals surface area contributed by atoms with Crippen LogP contribution in [0.3, 0.4) is 0 Å². The normalized spacial score (nSPS) is 15.3. The molecule has 0 nitrogen and oxygen atoms in total. The predicted octanol–water partition coefficient (Wildman–Crippen LogP) is 9.42. The molecule has 0 saturated carbocycles. The zero-order valence-corrected chi connectivity index (χ0v) is 23.9. The Morgan fingerprint density at radius 3 is 1.67 bits per heavy atom. The molecule has 0 N–H and O–H groups in total. The van der Waals surface area contributed by atoms with E-state index in [2.05, 4.69) is 144 Å². The molecule has 2 aliphatic heterocycles. The Bertz CT molecular complexity index is 1540. The highest BCUT2D eigenvalue weighted by Crippen LogP contribution is 2.38. The molecule has 4 aromatic rings. The van der Waals surface area contributed by atoms with Crippen molar-refractivity contribution in [1.82, 2.24) is 0 Å². The summed E-state index contributed by atoms with van der Waals surface area (Å²) >= 11 is -0.438. The first-order valence-corrected chi connectivity index (χ1v) is 16.4. The first-order chi connectivity index (χ1) is 17.8. The van der Waals surface area contributed by atoms with E-state index in [9.17, 15) is 0 Å². The molecule has 2 heterocycles. The fraction of sp³-hybridized carbons (Fsp3) is 0. The fourth-order valence-electron chi connectivity index (χ4n) is 4.31. The van der Waals surface area contributed by atoms with Crippen LogP contribution in [0.2, 0.25) is 0 Å². The standard InChI is InChI=1S/C34H24I2/c1-4-11-25(12-5-1)28-19-20-35-32(22-28)29-17-10-18-30(21-29)34-24-31(26-13-6-2-7-14-26)23-33(36-34)27-15-8-3-9-16-27/h1-24H. The third-order valence-electron chi connectivity index (χ3n) is 6.15. The molecule has 0 radical (unpaired) electrons. The van der Waals surface area contributed by atoms with Crippen molar-refractivity contribution in [1.29, 1.82) is 0 Å². The minimum absolute atomic E-state index is 0.139. The molecule has 0 aromatic heterocycles. The van der Waals surface area contributed by atoms with Gasteiger partial charge in [0.15, 0.2) is 0 Å². The summed E-state index contributed by atoms with van der Waals surface area (Å²) in [6.07, 6.45) is 9.54. The summed E-state index contributed by atoms with van der Waals surface area (Å²) in [5.41, 5.74) is 9.22. The van der Waals surface area contributed by atoms with Crippen LogP contribution in [-0.4, -0.2) is 7.02 Å². The zero-order chi connectivity index (χ0) is 24.2. The molecule has 0 atom stereocenters. The summed E-state index contributed by atoms with van der Waals surface area (Å²) < 4.78 is 6.84. The first kappa shape index (κ1) is 23.4. The van der Waals surface area contributed by atoms with Crippen LogP contribution in [0, 0.1) is 0 Å². The Morgan fingerprint density at radius 2 is 0.972 bits per heavy atom. The fourth-order valence-corrected chi connectivity index (χ4v) is 9.40. The molecule has 0 bridgehead atoms. The smallest absolute Gasteiger partial charge is 0.0161 e. The van der Waals surface area contributed by atoms with E-state index in [0.717, 1.165) is 0 Å². The monoisotopic (exact) mass is 686 g/mol. The lowest BCUT2D eigenvalue weighted by Crippen LogP contribution is -2.00. The number of hydrogen-bond donors (Lipinski definition) is 0. The molecule has 0 spiro atoms. The number of halogens is 2. The maximum absolute atomic E-state index is 2.43. The molecular formula is C34H24I2. The van der Waals surface area contributed by atoms with Crippen molar-refractivity contribution in [2.75, 3.05) is 0 Å². The SMILES string of the molecule is C1=CC(c2ccccc2)=CC(c2cccc(C3=CC(c4ccccc4)=CC(c4ccccc4)=I3)c2)=I1. The third kappa shape index (κ3) is 5.25. The van der Waals surface area contributed by atoms with Crippen molar-refractivity contribution in [3.8, 4) is 0 Å². The van der Waals surface area contributed by atoms with Crippen molar-refractivity contribution in [2.45, 2.75) is 0 Å². The highest BCUT2D eigenvalue weighted by atomic mass is 127. The molecule has 2 heteroatoms. The maximum Gasteiger partial charge on any atom is 0.0161 e. The summed E-state index contributed by atoms with van der Waals surface area (Å²) in [7, 11) is 0. The summed E-state index contributed by atoms with van der Waals surface area (Å²) in [6.45, 7) is 0. The minimum Gasteiger partial charge on any atom is -0.0849 e. The van der Waals surface area contributed by atoms with Crippen molar-refractivity contribution >= 4 is 63.2 Å². The molecule has 0 fully saturated rings. The summed E-state index contributed by atoms with van der Waals surface area (Å²) in [4.78, 5) is 0. The van der Waals surface area contributed by atoms with E-state index >= 15 is 0 Å². The van der Waals surface area contributed by atoms with Crippen LogP contribution in [0.5, 0.6) is 0 Å². The van der Waals surface area contributed by atoms with Crippen LogP contribution >= 0.6 is 41.5 Å². The van der Waals surface area contributed by atoms with Gasteiger partial charge in [-0.2, -0.15) is 0 Å². The average Bonchev–Trinajstić information content (AvgIpc) is 2.98. The van der Waals surface area contributed by atoms with Gasteiger partial charge in [-0.3, -0.25) is 0 Å². The van der Waals surface area contributed by atoms with Gasteiger partial charge in [0.1, 0.15) is 0 Å². The van der Waals surface area contributed by atoms with E-state index in [1.54, 1.807) is 0 Å². The second kappa shape index (κ2) is 11.0. The van der Waals surface area contributed by atoms with Gasteiger partial charge in [-0.1, -0.05) is 151 Å². The largest absolute Gasteiger partial charge is 0.0849 e. The molecule has 174 valence electrons. The molecule has 0 aliphatic carbocycles. The van der Waals surface area contributed by atoms with Gasteiger partial charge in [-0.15, -0.1) is 0 Å². The van der Waals surface area contributed by atoms with Gasteiger partial charge in [0.05, 0.1) is 0 Å². The highest BCUT2D eigenvalue weighted by molar-refractivity contribution is 14.2. The third-order valence-corrected chi connectivity index (χ3v) is 11.5. The molecule has 6 rings (SSSR count). The van der Waals surface area contributed by atoms with Crippen molar-refractivity contribution in [2.24, 2.45) is 0 Å². The molecule has 0 unspecified atom stereocenters. The predicted molar refractivity (Wildman–Crippen MR) is 175 cm³/mol. The van der Waals surface area contributed by atoms with Crippen LogP contribution < -0.4 is 0 Å². The van der Waals surface area contributed by atoms with Gasteiger partial charge < -0.3 is 0 Å². The van der Waals surface area contributed by atoms with E-state index in [4.69, 9.17) is 0 Å². The lowest BCUT2D eigenvalue weighted by Gasteiger charge is -2.16. The van der Waals surface area contributed by atoms with Crippen LogP contribution in [-0.2, 0) is 0 Å². The lowest BCUT2D eigenvalue weighted by atomic mass is 9.99. The van der Waals surface area contributed by atoms with Crippen molar-refractivity contribution in [3.05, 3.63) is 171 Å². The Balaban J connectivity index is 1.40. The summed E-state index contributed by atoms with van der Waals surface area (Å²) in [5.74, 6) is 0. The van der Waals surface area contributed by atoms with Crippen LogP contribution in [0.4, 0.5) is 0 Å². The average molecular weight is 686 g/mol. The Hall–Kier alpha value is -2.96. The number of hydrogen-bond acceptors (Lipinski definition) is 0. The summed E-state index contributed by atoms with van der Waals surface area (Å²) in [6, 6.07) is 41.6. The van der Waals surface area contributed by atoms with E-state index in [1.807, 2.05) is 0 Å². The number of rotatable bonds is 5. The van der Waals surface area contributed by atoms with E-state index in [-0.39, 0.29) is 41.5 Å². The minimum atomic E-state index is -0.299. The first-order valence-electron chi connectivity index (χ1n) is 11.9. The van der Waals surface area contributed by atoms with Crippen LogP contribution in [0.25, 0.3) is 14.7 Å². The molecule has 4 aromatic carbocycles. The van der Waals surface area contributed by atoms with Gasteiger partial charge in [0, 0.05) is 10.6 Å². The lowest BCUT2D eigenvalue weighted by molar-refractivity contribution is 1.60. The molecule has 2 aliphatic rings. The summed E-state index contributed by atoms with van der Waals surface area (Å²) in [5, 5.41) is 0. The molecule has 36 heavy (non-hydrogen) atoms. The van der Waals surface area contributed by atoms with E-state index in [1.165, 1.54) is 49.6 Å². The van der Waals surface area contributed by atoms with Gasteiger partial charge in [-0.05, 0) is 73.4 Å². The Morgan fingerprint density at radius 1 is 0.417 bits per heavy atom. The van der Waals surface area contributed by atoms with Crippen LogP contribution in [0.1, 0.15) is 27.8 Å². The van der Waals surface area contributed by atoms with E-state index in [0.29, 0.717) is 0 Å².